The summed E-state index contributed by atoms with van der Waals surface area (Å²) in [6.45, 7) is 1.73. The van der Waals surface area contributed by atoms with E-state index < -0.39 is 0 Å². The summed E-state index contributed by atoms with van der Waals surface area (Å²) in [7, 11) is 0. The second-order valence-corrected chi connectivity index (χ2v) is 3.90. The quantitative estimate of drug-likeness (QED) is 0.758. The van der Waals surface area contributed by atoms with Gasteiger partial charge in [-0.2, -0.15) is 0 Å². The molecule has 1 aliphatic rings. The molecule has 1 aliphatic heterocycles. The summed E-state index contributed by atoms with van der Waals surface area (Å²) in [6, 6.07) is 0.320. The minimum atomic E-state index is -0.113. The second kappa shape index (κ2) is 5.47. The normalized spacial score (nSPS) is 21.4. The largest absolute Gasteiger partial charge is 0.408 e. The van der Waals surface area contributed by atoms with Crippen molar-refractivity contribution in [1.82, 2.24) is 10.2 Å². The van der Waals surface area contributed by atoms with Crippen LogP contribution in [-0.4, -0.2) is 53.6 Å². The van der Waals surface area contributed by atoms with Crippen molar-refractivity contribution in [3.8, 4) is 0 Å². The van der Waals surface area contributed by atoms with Gasteiger partial charge in [0.15, 0.2) is 0 Å². The highest BCUT2D eigenvalue weighted by molar-refractivity contribution is 6.17. The Labute approximate surface area is 98.2 Å². The van der Waals surface area contributed by atoms with E-state index in [1.807, 2.05) is 4.90 Å². The van der Waals surface area contributed by atoms with Crippen molar-refractivity contribution < 1.29 is 14.3 Å². The first-order valence-corrected chi connectivity index (χ1v) is 5.72. The maximum atomic E-state index is 9.20. The molecule has 0 aliphatic carbocycles. The van der Waals surface area contributed by atoms with Crippen LogP contribution in [0.15, 0.2) is 4.42 Å². The molecule has 1 atom stereocenters. The van der Waals surface area contributed by atoms with Gasteiger partial charge in [-0.3, -0.25) is 0 Å². The molecule has 0 aromatic carbocycles. The van der Waals surface area contributed by atoms with Crippen molar-refractivity contribution in [2.45, 2.75) is 12.5 Å². The van der Waals surface area contributed by atoms with Crippen LogP contribution < -0.4 is 4.90 Å². The molecule has 1 saturated heterocycles. The highest BCUT2D eigenvalue weighted by atomic mass is 35.5. The minimum absolute atomic E-state index is 0.00716. The van der Waals surface area contributed by atoms with Crippen molar-refractivity contribution in [2.24, 2.45) is 0 Å². The van der Waals surface area contributed by atoms with Crippen LogP contribution in [0.25, 0.3) is 0 Å². The molecular weight excluding hydrogens is 234 g/mol. The topological polar surface area (TPSA) is 71.6 Å². The number of ether oxygens (including phenoxy) is 1. The first-order chi connectivity index (χ1) is 7.85. The van der Waals surface area contributed by atoms with Crippen LogP contribution in [-0.2, 0) is 11.2 Å². The van der Waals surface area contributed by atoms with Crippen LogP contribution in [0.4, 0.5) is 6.01 Å². The molecule has 7 heteroatoms. The Balaban J connectivity index is 2.08. The molecule has 0 saturated carbocycles. The Hall–Kier alpha value is -0.850. The zero-order chi connectivity index (χ0) is 11.4. The van der Waals surface area contributed by atoms with Crippen LogP contribution in [0.3, 0.4) is 0 Å². The maximum Gasteiger partial charge on any atom is 0.318 e. The summed E-state index contributed by atoms with van der Waals surface area (Å²) in [5, 5.41) is 17.0. The monoisotopic (exact) mass is 247 g/mol. The molecule has 1 N–H and O–H groups in total. The Bertz CT molecular complexity index is 334. The average molecular weight is 248 g/mol. The molecule has 6 nitrogen and oxygen atoms in total. The van der Waals surface area contributed by atoms with Crippen LogP contribution in [0.1, 0.15) is 5.89 Å². The minimum Gasteiger partial charge on any atom is -0.408 e. The molecule has 16 heavy (non-hydrogen) atoms. The number of aromatic nitrogens is 2. The number of halogens is 1. The second-order valence-electron chi connectivity index (χ2n) is 3.52. The van der Waals surface area contributed by atoms with Crippen molar-refractivity contribution in [1.29, 1.82) is 0 Å². The van der Waals surface area contributed by atoms with Gasteiger partial charge in [0, 0.05) is 18.8 Å². The van der Waals surface area contributed by atoms with E-state index in [1.54, 1.807) is 0 Å². The van der Waals surface area contributed by atoms with E-state index in [2.05, 4.69) is 10.2 Å². The fraction of sp³-hybridized carbons (Fsp3) is 0.778. The summed E-state index contributed by atoms with van der Waals surface area (Å²) in [4.78, 5) is 1.87. The molecule has 90 valence electrons. The average Bonchev–Trinajstić information content (AvgIpc) is 2.78. The third-order valence-corrected chi connectivity index (χ3v) is 2.64. The number of anilines is 1. The third kappa shape index (κ3) is 2.45. The van der Waals surface area contributed by atoms with Gasteiger partial charge >= 0.3 is 6.01 Å². The van der Waals surface area contributed by atoms with Crippen LogP contribution >= 0.6 is 11.6 Å². The van der Waals surface area contributed by atoms with E-state index in [4.69, 9.17) is 20.8 Å². The van der Waals surface area contributed by atoms with Gasteiger partial charge in [-0.25, -0.2) is 0 Å². The number of hydrogen-bond donors (Lipinski definition) is 1. The fourth-order valence-corrected chi connectivity index (χ4v) is 1.76. The van der Waals surface area contributed by atoms with E-state index in [0.717, 1.165) is 0 Å². The standard InChI is InChI=1S/C9H14ClN3O3/c10-2-1-8-11-12-9(16-8)13-3-4-15-6-7(13)5-14/h7,14H,1-6H2. The Kier molecular flexibility index (Phi) is 3.98. The lowest BCUT2D eigenvalue weighted by atomic mass is 10.2. The van der Waals surface area contributed by atoms with E-state index in [1.165, 1.54) is 0 Å². The van der Waals surface area contributed by atoms with E-state index in [-0.39, 0.29) is 12.6 Å². The molecule has 2 rings (SSSR count). The predicted molar refractivity (Wildman–Crippen MR) is 57.8 cm³/mol. The summed E-state index contributed by atoms with van der Waals surface area (Å²) in [5.41, 5.74) is 0. The molecule has 2 heterocycles. The molecule has 1 aromatic heterocycles. The van der Waals surface area contributed by atoms with Crippen LogP contribution in [0.5, 0.6) is 0 Å². The summed E-state index contributed by atoms with van der Waals surface area (Å²) in [6.07, 6.45) is 0.558. The van der Waals surface area contributed by atoms with Crippen LogP contribution in [0.2, 0.25) is 0 Å². The van der Waals surface area contributed by atoms with Gasteiger partial charge in [-0.05, 0) is 0 Å². The fourth-order valence-electron chi connectivity index (χ4n) is 1.60. The van der Waals surface area contributed by atoms with Gasteiger partial charge < -0.3 is 19.2 Å². The Morgan fingerprint density at radius 1 is 1.50 bits per heavy atom. The predicted octanol–water partition coefficient (Wildman–Crippen LogP) is 0.0484. The van der Waals surface area contributed by atoms with Gasteiger partial charge in [0.25, 0.3) is 0 Å². The van der Waals surface area contributed by atoms with Gasteiger partial charge in [0.1, 0.15) is 0 Å². The van der Waals surface area contributed by atoms with Gasteiger partial charge in [0.2, 0.25) is 5.89 Å². The third-order valence-electron chi connectivity index (χ3n) is 2.45. The number of rotatable bonds is 4. The van der Waals surface area contributed by atoms with Crippen molar-refractivity contribution in [3.05, 3.63) is 5.89 Å². The summed E-state index contributed by atoms with van der Waals surface area (Å²) in [5.74, 6) is 0.974. The summed E-state index contributed by atoms with van der Waals surface area (Å²) >= 11 is 5.59. The van der Waals surface area contributed by atoms with Crippen molar-refractivity contribution in [3.63, 3.8) is 0 Å². The molecule has 0 spiro atoms. The molecule has 0 amide bonds. The van der Waals surface area contributed by atoms with Crippen LogP contribution in [0, 0.1) is 0 Å². The Morgan fingerprint density at radius 2 is 2.38 bits per heavy atom. The first kappa shape index (κ1) is 11.6. The SMILES string of the molecule is OCC1COCCN1c1nnc(CCCl)o1. The number of hydrogen-bond acceptors (Lipinski definition) is 6. The van der Waals surface area contributed by atoms with Crippen molar-refractivity contribution >= 4 is 17.6 Å². The first-order valence-electron chi connectivity index (χ1n) is 5.18. The number of aliphatic hydroxyl groups excluding tert-OH is 1. The number of alkyl halides is 1. The molecule has 0 radical (unpaired) electrons. The number of aryl methyl sites for hydroxylation is 1. The zero-order valence-corrected chi connectivity index (χ0v) is 9.56. The number of nitrogens with zero attached hydrogens (tertiary/aromatic N) is 3. The molecule has 1 unspecified atom stereocenters. The lowest BCUT2D eigenvalue weighted by molar-refractivity contribution is 0.0697. The number of aliphatic hydroxyl groups is 1. The van der Waals surface area contributed by atoms with E-state index >= 15 is 0 Å². The highest BCUT2D eigenvalue weighted by Gasteiger charge is 2.26. The molecule has 1 fully saturated rings. The molecule has 1 aromatic rings. The maximum absolute atomic E-state index is 9.20. The number of morpholine rings is 1. The van der Waals surface area contributed by atoms with Gasteiger partial charge in [-0.15, -0.1) is 16.7 Å². The molecular formula is C9H14ClN3O3. The van der Waals surface area contributed by atoms with E-state index in [9.17, 15) is 5.11 Å². The van der Waals surface area contributed by atoms with Crippen molar-refractivity contribution in [2.75, 3.05) is 37.1 Å². The Morgan fingerprint density at radius 3 is 3.12 bits per heavy atom. The summed E-state index contributed by atoms with van der Waals surface area (Å²) < 4.78 is 10.7. The smallest absolute Gasteiger partial charge is 0.318 e. The molecule has 0 bridgehead atoms. The zero-order valence-electron chi connectivity index (χ0n) is 8.80. The highest BCUT2D eigenvalue weighted by Crippen LogP contribution is 2.18. The van der Waals surface area contributed by atoms with Gasteiger partial charge in [-0.1, -0.05) is 5.10 Å². The lowest BCUT2D eigenvalue weighted by Crippen LogP contribution is -2.47. The van der Waals surface area contributed by atoms with E-state index in [0.29, 0.717) is 44.0 Å². The van der Waals surface area contributed by atoms with Gasteiger partial charge in [0.05, 0.1) is 25.9 Å². The lowest BCUT2D eigenvalue weighted by Gasteiger charge is -2.32.